The summed E-state index contributed by atoms with van der Waals surface area (Å²) < 4.78 is 15.3. The second-order valence-corrected chi connectivity index (χ2v) is 5.08. The average molecular weight is 291 g/mol. The third-order valence-corrected chi connectivity index (χ3v) is 2.79. The van der Waals surface area contributed by atoms with Crippen molar-refractivity contribution in [2.75, 3.05) is 40.0 Å². The smallest absolute Gasteiger partial charge is 0.320 e. The molecule has 2 atom stereocenters. The molecular weight excluding hydrogens is 262 g/mol. The molecule has 0 bridgehead atoms. The fourth-order valence-corrected chi connectivity index (χ4v) is 1.71. The summed E-state index contributed by atoms with van der Waals surface area (Å²) in [7, 11) is 1.61. The number of hydrogen-bond donors (Lipinski definition) is 1. The fourth-order valence-electron chi connectivity index (χ4n) is 1.71. The number of nitrogens with zero attached hydrogens (tertiary/aromatic N) is 1. The molecule has 0 radical (unpaired) electrons. The molecule has 20 heavy (non-hydrogen) atoms. The zero-order valence-corrected chi connectivity index (χ0v) is 13.3. The highest BCUT2D eigenvalue weighted by molar-refractivity contribution is 5.71. The minimum Gasteiger partial charge on any atom is -0.465 e. The molecule has 2 unspecified atom stereocenters. The van der Waals surface area contributed by atoms with E-state index in [1.54, 1.807) is 14.0 Å². The van der Waals surface area contributed by atoms with Crippen molar-refractivity contribution in [1.29, 1.82) is 0 Å². The number of ether oxygens (including phenoxy) is 3. The van der Waals surface area contributed by atoms with Crippen LogP contribution in [0.5, 0.6) is 0 Å². The van der Waals surface area contributed by atoms with Gasteiger partial charge in [-0.25, -0.2) is 0 Å². The van der Waals surface area contributed by atoms with Crippen LogP contribution in [-0.2, 0) is 19.0 Å². The monoisotopic (exact) mass is 291 g/mol. The van der Waals surface area contributed by atoms with Crippen LogP contribution in [0, 0.1) is 0 Å². The van der Waals surface area contributed by atoms with Gasteiger partial charge < -0.3 is 19.3 Å². The molecule has 0 aliphatic heterocycles. The highest BCUT2D eigenvalue weighted by Gasteiger charge is 2.19. The van der Waals surface area contributed by atoms with Crippen molar-refractivity contribution in [3.8, 4) is 0 Å². The molecule has 0 aromatic carbocycles. The molecule has 0 heterocycles. The van der Waals surface area contributed by atoms with Crippen molar-refractivity contribution in [3.63, 3.8) is 0 Å². The van der Waals surface area contributed by atoms with Crippen LogP contribution in [0.2, 0.25) is 0 Å². The zero-order chi connectivity index (χ0) is 15.5. The number of rotatable bonds is 11. The van der Waals surface area contributed by atoms with Gasteiger partial charge in [-0.1, -0.05) is 0 Å². The second kappa shape index (κ2) is 11.0. The van der Waals surface area contributed by atoms with Gasteiger partial charge in [-0.3, -0.25) is 9.69 Å². The van der Waals surface area contributed by atoms with Crippen LogP contribution in [0.15, 0.2) is 0 Å². The van der Waals surface area contributed by atoms with E-state index in [0.29, 0.717) is 19.8 Å². The maximum Gasteiger partial charge on any atom is 0.320 e. The number of hydrogen-bond acceptors (Lipinski definition) is 6. The highest BCUT2D eigenvalue weighted by Crippen LogP contribution is 2.03. The predicted molar refractivity (Wildman–Crippen MR) is 76.6 cm³/mol. The lowest BCUT2D eigenvalue weighted by Gasteiger charge is -2.28. The first-order valence-corrected chi connectivity index (χ1v) is 7.08. The van der Waals surface area contributed by atoms with Crippen LogP contribution in [0.3, 0.4) is 0 Å². The molecule has 0 amide bonds. The summed E-state index contributed by atoms with van der Waals surface area (Å²) in [5.74, 6) is -0.276. The molecule has 6 nitrogen and oxygen atoms in total. The molecule has 0 aromatic rings. The number of carbonyl (C=O) groups excluding carboxylic acids is 1. The van der Waals surface area contributed by atoms with E-state index in [-0.39, 0.29) is 31.3 Å². The number of esters is 1. The van der Waals surface area contributed by atoms with Gasteiger partial charge in [0.1, 0.15) is 0 Å². The summed E-state index contributed by atoms with van der Waals surface area (Å²) in [6, 6.07) is 0.144. The van der Waals surface area contributed by atoms with Gasteiger partial charge in [0, 0.05) is 19.7 Å². The van der Waals surface area contributed by atoms with Crippen molar-refractivity contribution >= 4 is 5.97 Å². The Morgan fingerprint density at radius 3 is 2.40 bits per heavy atom. The number of aliphatic hydroxyl groups is 1. The Kier molecular flexibility index (Phi) is 10.6. The predicted octanol–water partition coefficient (Wildman–Crippen LogP) is 0.672. The Labute approximate surface area is 122 Å². The van der Waals surface area contributed by atoms with Crippen LogP contribution in [0.25, 0.3) is 0 Å². The Morgan fingerprint density at radius 1 is 1.25 bits per heavy atom. The lowest BCUT2D eigenvalue weighted by molar-refractivity contribution is -0.145. The quantitative estimate of drug-likeness (QED) is 0.564. The van der Waals surface area contributed by atoms with Crippen LogP contribution >= 0.6 is 0 Å². The Hall–Kier alpha value is -0.690. The molecular formula is C14H29NO5. The van der Waals surface area contributed by atoms with E-state index in [1.807, 2.05) is 25.7 Å². The standard InChI is InChI=1S/C14H29NO5/c1-6-19-14(17)8-15(11(2)3)7-13(16)10-20-12(4)9-18-5/h11-13,16H,6-10H2,1-5H3. The van der Waals surface area contributed by atoms with Gasteiger partial charge in [0.15, 0.2) is 0 Å². The van der Waals surface area contributed by atoms with Crippen LogP contribution < -0.4 is 0 Å². The second-order valence-electron chi connectivity index (χ2n) is 5.08. The number of methoxy groups -OCH3 is 1. The minimum absolute atomic E-state index is 0.0628. The SMILES string of the molecule is CCOC(=O)CN(CC(O)COC(C)COC)C(C)C. The first kappa shape index (κ1) is 19.3. The topological polar surface area (TPSA) is 68.2 Å². The lowest BCUT2D eigenvalue weighted by Crippen LogP contribution is -2.43. The number of aliphatic hydroxyl groups excluding tert-OH is 1. The average Bonchev–Trinajstić information content (AvgIpc) is 2.36. The first-order valence-electron chi connectivity index (χ1n) is 7.08. The molecule has 0 aliphatic rings. The van der Waals surface area contributed by atoms with Crippen molar-refractivity contribution in [2.24, 2.45) is 0 Å². The third kappa shape index (κ3) is 9.25. The highest BCUT2D eigenvalue weighted by atomic mass is 16.5. The Bertz CT molecular complexity index is 260. The Morgan fingerprint density at radius 2 is 1.90 bits per heavy atom. The van der Waals surface area contributed by atoms with Crippen molar-refractivity contribution in [3.05, 3.63) is 0 Å². The summed E-state index contributed by atoms with van der Waals surface area (Å²) in [6.07, 6.45) is -0.710. The van der Waals surface area contributed by atoms with Crippen molar-refractivity contribution in [2.45, 2.75) is 45.9 Å². The lowest BCUT2D eigenvalue weighted by atomic mass is 10.2. The third-order valence-electron chi connectivity index (χ3n) is 2.79. The van der Waals surface area contributed by atoms with Gasteiger partial charge in [-0.2, -0.15) is 0 Å². The first-order chi connectivity index (χ1) is 9.40. The molecule has 120 valence electrons. The van der Waals surface area contributed by atoms with Crippen molar-refractivity contribution in [1.82, 2.24) is 4.90 Å². The van der Waals surface area contributed by atoms with E-state index in [0.717, 1.165) is 0 Å². The molecule has 0 spiro atoms. The maximum absolute atomic E-state index is 11.5. The number of carbonyl (C=O) groups is 1. The summed E-state index contributed by atoms with van der Waals surface area (Å²) in [5.41, 5.74) is 0. The molecule has 1 N–H and O–H groups in total. The van der Waals surface area contributed by atoms with E-state index in [2.05, 4.69) is 0 Å². The summed E-state index contributed by atoms with van der Waals surface area (Å²) >= 11 is 0. The van der Waals surface area contributed by atoms with Crippen LogP contribution in [0.1, 0.15) is 27.7 Å². The van der Waals surface area contributed by atoms with Crippen molar-refractivity contribution < 1.29 is 24.1 Å². The molecule has 0 saturated heterocycles. The van der Waals surface area contributed by atoms with E-state index in [4.69, 9.17) is 14.2 Å². The van der Waals surface area contributed by atoms with Gasteiger partial charge in [0.25, 0.3) is 0 Å². The van der Waals surface area contributed by atoms with Gasteiger partial charge in [-0.15, -0.1) is 0 Å². The van der Waals surface area contributed by atoms with Gasteiger partial charge in [0.2, 0.25) is 0 Å². The molecule has 0 aromatic heterocycles. The van der Waals surface area contributed by atoms with Gasteiger partial charge in [0.05, 0.1) is 38.6 Å². The molecule has 6 heteroatoms. The Balaban J connectivity index is 4.13. The van der Waals surface area contributed by atoms with Gasteiger partial charge >= 0.3 is 5.97 Å². The van der Waals surface area contributed by atoms with E-state index in [9.17, 15) is 9.90 Å². The summed E-state index contributed by atoms with van der Waals surface area (Å²) in [4.78, 5) is 13.4. The molecule has 0 rings (SSSR count). The molecule has 0 aliphatic carbocycles. The van der Waals surface area contributed by atoms with E-state index >= 15 is 0 Å². The van der Waals surface area contributed by atoms with E-state index in [1.165, 1.54) is 0 Å². The maximum atomic E-state index is 11.5. The van der Waals surface area contributed by atoms with Gasteiger partial charge in [-0.05, 0) is 27.7 Å². The molecule has 0 fully saturated rings. The minimum atomic E-state index is -0.647. The fraction of sp³-hybridized carbons (Fsp3) is 0.929. The summed E-state index contributed by atoms with van der Waals surface area (Å²) in [5, 5.41) is 9.97. The normalized spacial score (nSPS) is 14.6. The molecule has 0 saturated carbocycles. The van der Waals surface area contributed by atoms with E-state index < -0.39 is 6.10 Å². The van der Waals surface area contributed by atoms with Crippen LogP contribution in [-0.4, -0.2) is 74.2 Å². The largest absolute Gasteiger partial charge is 0.465 e. The zero-order valence-electron chi connectivity index (χ0n) is 13.3. The summed E-state index contributed by atoms with van der Waals surface area (Å²) in [6.45, 7) is 9.23. The van der Waals surface area contributed by atoms with Crippen LogP contribution in [0.4, 0.5) is 0 Å².